The summed E-state index contributed by atoms with van der Waals surface area (Å²) in [7, 11) is 1.63. The first kappa shape index (κ1) is 15.9. The Labute approximate surface area is 131 Å². The molecule has 0 amide bonds. The van der Waals surface area contributed by atoms with Crippen molar-refractivity contribution in [2.24, 2.45) is 5.92 Å². The molecule has 0 heterocycles. The molecule has 2 aromatic rings. The van der Waals surface area contributed by atoms with Crippen molar-refractivity contribution in [3.63, 3.8) is 0 Å². The molecule has 0 saturated heterocycles. The number of ether oxygens (including phenoxy) is 1. The summed E-state index contributed by atoms with van der Waals surface area (Å²) in [4.78, 5) is 13.3. The van der Waals surface area contributed by atoms with E-state index in [1.54, 1.807) is 14.0 Å². The topological polar surface area (TPSA) is 49.8 Å². The molecule has 0 aliphatic heterocycles. The molecule has 0 spiro atoms. The Morgan fingerprint density at radius 3 is 2.41 bits per heavy atom. The average Bonchev–Trinajstić information content (AvgIpc) is 2.55. The van der Waals surface area contributed by atoms with Crippen molar-refractivity contribution in [2.75, 3.05) is 18.6 Å². The Hall–Kier alpha value is -2.49. The highest BCUT2D eigenvalue weighted by Gasteiger charge is 2.19. The van der Waals surface area contributed by atoms with Gasteiger partial charge in [0.05, 0.1) is 18.7 Å². The highest BCUT2D eigenvalue weighted by Crippen LogP contribution is 2.29. The Bertz CT molecular complexity index is 613. The zero-order valence-electron chi connectivity index (χ0n) is 12.9. The second-order valence-corrected chi connectivity index (χ2v) is 5.28. The summed E-state index contributed by atoms with van der Waals surface area (Å²) in [6, 6.07) is 17.7. The third kappa shape index (κ3) is 4.01. The normalized spacial score (nSPS) is 11.7. The monoisotopic (exact) mass is 299 g/mol. The molecule has 0 saturated carbocycles. The van der Waals surface area contributed by atoms with Crippen LogP contribution in [0.5, 0.6) is 5.75 Å². The van der Waals surface area contributed by atoms with Crippen molar-refractivity contribution in [1.29, 1.82) is 0 Å². The molecular formula is C18H21NO3. The van der Waals surface area contributed by atoms with E-state index in [0.717, 1.165) is 17.0 Å². The molecule has 0 bridgehead atoms. The maximum Gasteiger partial charge on any atom is 0.308 e. The maximum absolute atomic E-state index is 11.2. The van der Waals surface area contributed by atoms with Crippen molar-refractivity contribution >= 4 is 11.7 Å². The van der Waals surface area contributed by atoms with E-state index in [4.69, 9.17) is 4.74 Å². The number of nitrogens with zero attached hydrogens (tertiary/aromatic N) is 1. The number of hydrogen-bond acceptors (Lipinski definition) is 3. The highest BCUT2D eigenvalue weighted by molar-refractivity contribution is 5.71. The van der Waals surface area contributed by atoms with Gasteiger partial charge in [0.1, 0.15) is 5.75 Å². The molecular weight excluding hydrogens is 278 g/mol. The molecule has 1 unspecified atom stereocenters. The van der Waals surface area contributed by atoms with Gasteiger partial charge in [0.25, 0.3) is 0 Å². The molecule has 0 aliphatic carbocycles. The molecule has 1 atom stereocenters. The number of methoxy groups -OCH3 is 1. The summed E-state index contributed by atoms with van der Waals surface area (Å²) in [5.74, 6) is -0.516. The van der Waals surface area contributed by atoms with Crippen LogP contribution in [-0.2, 0) is 11.3 Å². The summed E-state index contributed by atoms with van der Waals surface area (Å²) in [6.07, 6.45) is 0. The summed E-state index contributed by atoms with van der Waals surface area (Å²) in [5.41, 5.74) is 2.04. The molecule has 0 aromatic heterocycles. The van der Waals surface area contributed by atoms with Crippen LogP contribution in [0.1, 0.15) is 12.5 Å². The van der Waals surface area contributed by atoms with E-state index in [-0.39, 0.29) is 0 Å². The smallest absolute Gasteiger partial charge is 0.308 e. The standard InChI is InChI=1S/C18H21NO3/c1-14(18(20)21)12-19(13-15-8-4-3-5-9-15)16-10-6-7-11-17(16)22-2/h3-11,14H,12-13H2,1-2H3,(H,20,21). The van der Waals surface area contributed by atoms with Gasteiger partial charge < -0.3 is 14.7 Å². The number of rotatable bonds is 7. The van der Waals surface area contributed by atoms with Gasteiger partial charge in [-0.25, -0.2) is 0 Å². The lowest BCUT2D eigenvalue weighted by molar-refractivity contribution is -0.140. The molecule has 0 fully saturated rings. The van der Waals surface area contributed by atoms with Crippen molar-refractivity contribution in [3.05, 3.63) is 60.2 Å². The number of carboxylic acid groups (broad SMARTS) is 1. The average molecular weight is 299 g/mol. The second kappa shape index (κ2) is 7.50. The van der Waals surface area contributed by atoms with Crippen LogP contribution in [0.3, 0.4) is 0 Å². The Morgan fingerprint density at radius 1 is 1.14 bits per heavy atom. The van der Waals surface area contributed by atoms with Gasteiger partial charge in [-0.05, 0) is 17.7 Å². The van der Waals surface area contributed by atoms with Crippen molar-refractivity contribution in [2.45, 2.75) is 13.5 Å². The maximum atomic E-state index is 11.2. The third-order valence-corrected chi connectivity index (χ3v) is 3.56. The highest BCUT2D eigenvalue weighted by atomic mass is 16.5. The minimum Gasteiger partial charge on any atom is -0.495 e. The van der Waals surface area contributed by atoms with Crippen LogP contribution in [0.2, 0.25) is 0 Å². The van der Waals surface area contributed by atoms with E-state index >= 15 is 0 Å². The number of anilines is 1. The first-order valence-corrected chi connectivity index (χ1v) is 7.26. The van der Waals surface area contributed by atoms with Gasteiger partial charge in [-0.2, -0.15) is 0 Å². The van der Waals surface area contributed by atoms with Crippen LogP contribution >= 0.6 is 0 Å². The zero-order valence-corrected chi connectivity index (χ0v) is 12.9. The lowest BCUT2D eigenvalue weighted by Gasteiger charge is -2.28. The Balaban J connectivity index is 2.30. The number of benzene rings is 2. The minimum atomic E-state index is -0.798. The number of para-hydroxylation sites is 2. The second-order valence-electron chi connectivity index (χ2n) is 5.28. The van der Waals surface area contributed by atoms with Crippen LogP contribution in [-0.4, -0.2) is 24.7 Å². The molecule has 116 valence electrons. The molecule has 4 heteroatoms. The fourth-order valence-corrected chi connectivity index (χ4v) is 2.35. The fourth-order valence-electron chi connectivity index (χ4n) is 2.35. The van der Waals surface area contributed by atoms with E-state index in [0.29, 0.717) is 13.1 Å². The number of aliphatic carboxylic acids is 1. The van der Waals surface area contributed by atoms with Crippen LogP contribution in [0, 0.1) is 5.92 Å². The van der Waals surface area contributed by atoms with Gasteiger partial charge in [0.2, 0.25) is 0 Å². The van der Waals surface area contributed by atoms with Gasteiger partial charge >= 0.3 is 5.97 Å². The van der Waals surface area contributed by atoms with E-state index < -0.39 is 11.9 Å². The first-order valence-electron chi connectivity index (χ1n) is 7.26. The van der Waals surface area contributed by atoms with Gasteiger partial charge in [-0.15, -0.1) is 0 Å². The lowest BCUT2D eigenvalue weighted by Crippen LogP contribution is -2.31. The van der Waals surface area contributed by atoms with E-state index in [1.165, 1.54) is 0 Å². The van der Waals surface area contributed by atoms with E-state index in [2.05, 4.69) is 0 Å². The van der Waals surface area contributed by atoms with Gasteiger partial charge in [0.15, 0.2) is 0 Å². The molecule has 22 heavy (non-hydrogen) atoms. The van der Waals surface area contributed by atoms with E-state index in [9.17, 15) is 9.90 Å². The molecule has 0 aliphatic rings. The van der Waals surface area contributed by atoms with Crippen molar-refractivity contribution < 1.29 is 14.6 Å². The zero-order chi connectivity index (χ0) is 15.9. The molecule has 2 rings (SSSR count). The molecule has 2 aromatic carbocycles. The summed E-state index contributed by atoms with van der Waals surface area (Å²) in [6.45, 7) is 2.78. The first-order chi connectivity index (χ1) is 10.6. The summed E-state index contributed by atoms with van der Waals surface area (Å²) >= 11 is 0. The quantitative estimate of drug-likeness (QED) is 0.851. The summed E-state index contributed by atoms with van der Waals surface area (Å²) in [5, 5.41) is 9.21. The van der Waals surface area contributed by atoms with Crippen LogP contribution in [0.25, 0.3) is 0 Å². The minimum absolute atomic E-state index is 0.421. The number of hydrogen-bond donors (Lipinski definition) is 1. The van der Waals surface area contributed by atoms with Gasteiger partial charge in [0, 0.05) is 13.1 Å². The van der Waals surface area contributed by atoms with E-state index in [1.807, 2.05) is 59.5 Å². The van der Waals surface area contributed by atoms with Crippen LogP contribution in [0.15, 0.2) is 54.6 Å². The SMILES string of the molecule is COc1ccccc1N(Cc1ccccc1)CC(C)C(=O)O. The predicted octanol–water partition coefficient (Wildman–Crippen LogP) is 3.42. The van der Waals surface area contributed by atoms with Crippen molar-refractivity contribution in [1.82, 2.24) is 0 Å². The van der Waals surface area contributed by atoms with Gasteiger partial charge in [-0.3, -0.25) is 4.79 Å². The largest absolute Gasteiger partial charge is 0.495 e. The van der Waals surface area contributed by atoms with Crippen LogP contribution < -0.4 is 9.64 Å². The van der Waals surface area contributed by atoms with Gasteiger partial charge in [-0.1, -0.05) is 49.4 Å². The molecule has 4 nitrogen and oxygen atoms in total. The Kier molecular flexibility index (Phi) is 5.42. The van der Waals surface area contributed by atoms with Crippen molar-refractivity contribution in [3.8, 4) is 5.75 Å². The summed E-state index contributed by atoms with van der Waals surface area (Å²) < 4.78 is 5.42. The third-order valence-electron chi connectivity index (χ3n) is 3.56. The van der Waals surface area contributed by atoms with Crippen LogP contribution in [0.4, 0.5) is 5.69 Å². The number of carboxylic acids is 1. The predicted molar refractivity (Wildman–Crippen MR) is 87.3 cm³/mol. The molecule has 1 N–H and O–H groups in total. The lowest BCUT2D eigenvalue weighted by atomic mass is 10.1. The molecule has 0 radical (unpaired) electrons. The fraction of sp³-hybridized carbons (Fsp3) is 0.278. The Morgan fingerprint density at radius 2 is 1.77 bits per heavy atom. The number of carbonyl (C=O) groups is 1.